The van der Waals surface area contributed by atoms with Crippen LogP contribution in [0.15, 0.2) is 11.6 Å². The molecule has 0 aliphatic rings. The van der Waals surface area contributed by atoms with Gasteiger partial charge in [-0.1, -0.05) is 0 Å². The van der Waals surface area contributed by atoms with Gasteiger partial charge < -0.3 is 0 Å². The van der Waals surface area contributed by atoms with Crippen molar-refractivity contribution in [2.24, 2.45) is 5.73 Å². The Morgan fingerprint density at radius 3 is 3.00 bits per heavy atom. The number of carbonyl (C=O) groups is 1. The second-order valence-corrected chi connectivity index (χ2v) is 3.68. The molecule has 3 nitrogen and oxygen atoms in total. The molecule has 0 saturated heterocycles. The molecular formula is C5H6N2OSSe. The summed E-state index contributed by atoms with van der Waals surface area (Å²) in [4.78, 5) is 14.2. The molecule has 0 bridgehead atoms. The van der Waals surface area contributed by atoms with Crippen molar-refractivity contribution in [3.63, 3.8) is 0 Å². The van der Waals surface area contributed by atoms with E-state index in [1.807, 2.05) is 5.38 Å². The SMILES string of the molecule is NC(=O)C([SeH])c1nccs1. The Labute approximate surface area is 70.5 Å². The number of hydrogen-bond acceptors (Lipinski definition) is 3. The fourth-order valence-electron chi connectivity index (χ4n) is 0.491. The Morgan fingerprint density at radius 2 is 2.60 bits per heavy atom. The Balaban J connectivity index is 2.77. The van der Waals surface area contributed by atoms with Gasteiger partial charge in [-0.05, 0) is 0 Å². The zero-order valence-corrected chi connectivity index (χ0v) is 7.71. The van der Waals surface area contributed by atoms with Crippen LogP contribution >= 0.6 is 11.3 Å². The number of amides is 1. The monoisotopic (exact) mass is 222 g/mol. The van der Waals surface area contributed by atoms with Gasteiger partial charge in [0.15, 0.2) is 0 Å². The molecule has 0 saturated carbocycles. The first-order valence-corrected chi connectivity index (χ1v) is 4.55. The van der Waals surface area contributed by atoms with E-state index in [0.29, 0.717) is 0 Å². The molecule has 0 radical (unpaired) electrons. The molecule has 1 heterocycles. The van der Waals surface area contributed by atoms with Crippen LogP contribution in [0.3, 0.4) is 0 Å². The van der Waals surface area contributed by atoms with Crippen molar-refractivity contribution in [3.8, 4) is 0 Å². The molecule has 0 spiro atoms. The first-order valence-electron chi connectivity index (χ1n) is 2.58. The van der Waals surface area contributed by atoms with E-state index in [0.717, 1.165) is 5.01 Å². The maximum absolute atomic E-state index is 10.6. The van der Waals surface area contributed by atoms with Crippen LogP contribution in [0.4, 0.5) is 0 Å². The minimum atomic E-state index is -0.352. The molecule has 0 aromatic carbocycles. The van der Waals surface area contributed by atoms with Crippen LogP contribution in [-0.2, 0) is 4.79 Å². The predicted molar refractivity (Wildman–Crippen MR) is 41.2 cm³/mol. The number of nitrogens with two attached hydrogens (primary N) is 1. The van der Waals surface area contributed by atoms with E-state index >= 15 is 0 Å². The first kappa shape index (κ1) is 7.72. The zero-order chi connectivity index (χ0) is 7.56. The molecule has 0 fully saturated rings. The molecule has 0 aliphatic carbocycles. The van der Waals surface area contributed by atoms with Crippen molar-refractivity contribution >= 4 is 33.3 Å². The summed E-state index contributed by atoms with van der Waals surface area (Å²) in [5.41, 5.74) is 5.04. The van der Waals surface area contributed by atoms with Crippen molar-refractivity contribution < 1.29 is 4.79 Å². The van der Waals surface area contributed by atoms with Crippen molar-refractivity contribution in [1.29, 1.82) is 0 Å². The van der Waals surface area contributed by atoms with Gasteiger partial charge >= 0.3 is 70.2 Å². The standard InChI is InChI=1S/C5H6N2OSSe/c6-4(8)3(10)5-7-1-2-9-5/h1-3,10H,(H2,6,8). The fraction of sp³-hybridized carbons (Fsp3) is 0.200. The molecule has 1 atom stereocenters. The van der Waals surface area contributed by atoms with Crippen molar-refractivity contribution in [2.75, 3.05) is 0 Å². The number of hydrogen-bond donors (Lipinski definition) is 1. The topological polar surface area (TPSA) is 56.0 Å². The third-order valence-corrected chi connectivity index (χ3v) is 3.22. The summed E-state index contributed by atoms with van der Waals surface area (Å²) in [6, 6.07) is 0. The van der Waals surface area contributed by atoms with Gasteiger partial charge in [0.1, 0.15) is 0 Å². The van der Waals surface area contributed by atoms with Crippen LogP contribution in [0.25, 0.3) is 0 Å². The maximum atomic E-state index is 10.6. The van der Waals surface area contributed by atoms with Gasteiger partial charge in [-0.15, -0.1) is 0 Å². The number of primary amides is 1. The van der Waals surface area contributed by atoms with E-state index in [4.69, 9.17) is 5.73 Å². The van der Waals surface area contributed by atoms with E-state index in [2.05, 4.69) is 21.0 Å². The average Bonchev–Trinajstić information content (AvgIpc) is 2.36. The third-order valence-electron chi connectivity index (χ3n) is 0.955. The van der Waals surface area contributed by atoms with Crippen LogP contribution < -0.4 is 5.73 Å². The molecule has 1 unspecified atom stereocenters. The third kappa shape index (κ3) is 1.56. The minimum absolute atomic E-state index is 0.313. The molecule has 10 heavy (non-hydrogen) atoms. The van der Waals surface area contributed by atoms with Crippen LogP contribution in [0.2, 0.25) is 0 Å². The molecule has 5 heteroatoms. The second-order valence-electron chi connectivity index (χ2n) is 1.68. The molecule has 0 aliphatic heterocycles. The average molecular weight is 221 g/mol. The van der Waals surface area contributed by atoms with E-state index in [9.17, 15) is 4.79 Å². The van der Waals surface area contributed by atoms with Crippen molar-refractivity contribution in [1.82, 2.24) is 4.98 Å². The molecule has 2 N–H and O–H groups in total. The summed E-state index contributed by atoms with van der Waals surface area (Å²) in [6.45, 7) is 0. The number of thiazole rings is 1. The molecule has 1 rings (SSSR count). The van der Waals surface area contributed by atoms with Crippen molar-refractivity contribution in [3.05, 3.63) is 16.6 Å². The summed E-state index contributed by atoms with van der Waals surface area (Å²) in [5, 5.41) is 2.58. The summed E-state index contributed by atoms with van der Waals surface area (Å²) in [6.07, 6.45) is 1.66. The summed E-state index contributed by atoms with van der Waals surface area (Å²) < 4.78 is 0. The summed E-state index contributed by atoms with van der Waals surface area (Å²) in [7, 11) is 0. The Bertz CT molecular complexity index is 224. The molecular weight excluding hydrogens is 215 g/mol. The number of rotatable bonds is 2. The van der Waals surface area contributed by atoms with Gasteiger partial charge in [0.05, 0.1) is 0 Å². The second kappa shape index (κ2) is 3.14. The molecule has 1 aromatic rings. The number of carbonyl (C=O) groups excluding carboxylic acids is 1. The van der Waals surface area contributed by atoms with Gasteiger partial charge in [0.25, 0.3) is 0 Å². The van der Waals surface area contributed by atoms with Gasteiger partial charge in [0.2, 0.25) is 0 Å². The number of nitrogens with zero attached hydrogens (tertiary/aromatic N) is 1. The molecule has 54 valence electrons. The van der Waals surface area contributed by atoms with E-state index in [-0.39, 0.29) is 10.7 Å². The normalized spacial score (nSPS) is 12.9. The van der Waals surface area contributed by atoms with Crippen LogP contribution in [0.1, 0.15) is 9.82 Å². The quantitative estimate of drug-likeness (QED) is 0.689. The first-order chi connectivity index (χ1) is 4.72. The summed E-state index contributed by atoms with van der Waals surface area (Å²) >= 11 is 3.63. The fourth-order valence-corrected chi connectivity index (χ4v) is 1.64. The van der Waals surface area contributed by atoms with Crippen LogP contribution in [-0.4, -0.2) is 26.9 Å². The Hall–Kier alpha value is -0.381. The Kier molecular flexibility index (Phi) is 2.43. The summed E-state index contributed by atoms with van der Waals surface area (Å²) in [5.74, 6) is -0.352. The zero-order valence-electron chi connectivity index (χ0n) is 5.02. The van der Waals surface area contributed by atoms with Gasteiger partial charge in [-0.3, -0.25) is 0 Å². The van der Waals surface area contributed by atoms with Crippen molar-refractivity contribution in [2.45, 2.75) is 4.82 Å². The van der Waals surface area contributed by atoms with Gasteiger partial charge in [-0.25, -0.2) is 0 Å². The Morgan fingerprint density at radius 1 is 1.90 bits per heavy atom. The molecule has 1 aromatic heterocycles. The van der Waals surface area contributed by atoms with E-state index < -0.39 is 0 Å². The number of aromatic nitrogens is 1. The molecule has 1 amide bonds. The van der Waals surface area contributed by atoms with Crippen LogP contribution in [0.5, 0.6) is 0 Å². The van der Waals surface area contributed by atoms with Gasteiger partial charge in [-0.2, -0.15) is 0 Å². The predicted octanol–water partition coefficient (Wildman–Crippen LogP) is -0.430. The van der Waals surface area contributed by atoms with Gasteiger partial charge in [0, 0.05) is 0 Å². The van der Waals surface area contributed by atoms with E-state index in [1.54, 1.807) is 6.20 Å². The van der Waals surface area contributed by atoms with Crippen LogP contribution in [0, 0.1) is 0 Å². The van der Waals surface area contributed by atoms with E-state index in [1.165, 1.54) is 11.3 Å².